The molecule has 0 aromatic carbocycles. The Balaban J connectivity index is 3.88. The summed E-state index contributed by atoms with van der Waals surface area (Å²) in [4.78, 5) is 10.6. The Morgan fingerprint density at radius 1 is 1.33 bits per heavy atom. The smallest absolute Gasteiger partial charge is 0.306 e. The van der Waals surface area contributed by atoms with E-state index in [4.69, 9.17) is 5.11 Å². The zero-order valence-electron chi connectivity index (χ0n) is 11.7. The van der Waals surface area contributed by atoms with Gasteiger partial charge in [0.15, 0.2) is 0 Å². The van der Waals surface area contributed by atoms with Crippen molar-refractivity contribution >= 4 is 16.0 Å². The quantitative estimate of drug-likeness (QED) is 0.664. The van der Waals surface area contributed by atoms with Crippen molar-refractivity contribution in [2.24, 2.45) is 11.3 Å². The summed E-state index contributed by atoms with van der Waals surface area (Å²) < 4.78 is 25.8. The van der Waals surface area contributed by atoms with E-state index in [0.29, 0.717) is 25.8 Å². The molecule has 0 fully saturated rings. The van der Waals surface area contributed by atoms with E-state index in [1.165, 1.54) is 0 Å². The molecule has 0 aromatic rings. The van der Waals surface area contributed by atoms with Crippen LogP contribution in [0.5, 0.6) is 0 Å². The summed E-state index contributed by atoms with van der Waals surface area (Å²) in [5.74, 6) is -1.15. The average molecular weight is 279 g/mol. The van der Waals surface area contributed by atoms with Crippen LogP contribution in [0.15, 0.2) is 0 Å². The minimum atomic E-state index is -3.23. The second-order valence-corrected chi connectivity index (χ2v) is 7.83. The van der Waals surface area contributed by atoms with Crippen molar-refractivity contribution in [3.63, 3.8) is 0 Å². The van der Waals surface area contributed by atoms with Gasteiger partial charge in [-0.1, -0.05) is 27.7 Å². The lowest BCUT2D eigenvalue weighted by Crippen LogP contribution is -2.29. The Labute approximate surface area is 110 Å². The van der Waals surface area contributed by atoms with E-state index in [9.17, 15) is 13.2 Å². The van der Waals surface area contributed by atoms with E-state index in [2.05, 4.69) is 4.72 Å². The minimum absolute atomic E-state index is 0.00737. The third-order valence-electron chi connectivity index (χ3n) is 2.68. The molecule has 0 aliphatic carbocycles. The summed E-state index contributed by atoms with van der Waals surface area (Å²) in [6.07, 6.45) is 1.63. The van der Waals surface area contributed by atoms with Crippen molar-refractivity contribution in [2.75, 3.05) is 12.3 Å². The molecule has 0 bridgehead atoms. The molecule has 0 heterocycles. The van der Waals surface area contributed by atoms with Gasteiger partial charge in [0.25, 0.3) is 0 Å². The number of nitrogens with one attached hydrogen (secondary N) is 1. The maximum absolute atomic E-state index is 11.6. The number of aliphatic carboxylic acids is 1. The maximum atomic E-state index is 11.6. The lowest BCUT2D eigenvalue weighted by atomic mass is 9.94. The molecule has 1 unspecified atom stereocenters. The fourth-order valence-electron chi connectivity index (χ4n) is 1.27. The van der Waals surface area contributed by atoms with Gasteiger partial charge in [-0.05, 0) is 24.7 Å². The van der Waals surface area contributed by atoms with Crippen LogP contribution in [0.4, 0.5) is 0 Å². The second kappa shape index (κ2) is 7.09. The Kier molecular flexibility index (Phi) is 6.84. The van der Waals surface area contributed by atoms with Gasteiger partial charge in [-0.2, -0.15) is 0 Å². The van der Waals surface area contributed by atoms with Gasteiger partial charge in [0.05, 0.1) is 11.7 Å². The van der Waals surface area contributed by atoms with Crippen molar-refractivity contribution in [1.82, 2.24) is 4.72 Å². The molecule has 0 aliphatic heterocycles. The number of carboxylic acids is 1. The van der Waals surface area contributed by atoms with Crippen LogP contribution in [0.25, 0.3) is 0 Å². The molecular formula is C12H25NO4S. The molecule has 0 aromatic heterocycles. The molecule has 0 amide bonds. The molecule has 5 nitrogen and oxygen atoms in total. The number of carboxylic acid groups (broad SMARTS) is 1. The lowest BCUT2D eigenvalue weighted by Gasteiger charge is -2.17. The number of hydrogen-bond donors (Lipinski definition) is 2. The van der Waals surface area contributed by atoms with E-state index in [-0.39, 0.29) is 11.2 Å². The van der Waals surface area contributed by atoms with E-state index < -0.39 is 21.9 Å². The highest BCUT2D eigenvalue weighted by molar-refractivity contribution is 7.89. The third kappa shape index (κ3) is 9.41. The van der Waals surface area contributed by atoms with Crippen molar-refractivity contribution in [3.8, 4) is 0 Å². The topological polar surface area (TPSA) is 83.5 Å². The van der Waals surface area contributed by atoms with Gasteiger partial charge in [-0.3, -0.25) is 4.79 Å². The van der Waals surface area contributed by atoms with E-state index in [1.54, 1.807) is 6.92 Å². The standard InChI is InChI=1S/C12H25NO4S/c1-10(11(14)15)6-5-8-13-18(16,17)9-7-12(2,3)4/h10,13H,5-9H2,1-4H3,(H,14,15). The Hall–Kier alpha value is -0.620. The van der Waals surface area contributed by atoms with E-state index in [1.807, 2.05) is 20.8 Å². The summed E-state index contributed by atoms with van der Waals surface area (Å²) in [6, 6.07) is 0. The van der Waals surface area contributed by atoms with Crippen molar-refractivity contribution in [2.45, 2.75) is 47.0 Å². The highest BCUT2D eigenvalue weighted by atomic mass is 32.2. The first-order valence-electron chi connectivity index (χ1n) is 6.24. The van der Waals surface area contributed by atoms with E-state index in [0.717, 1.165) is 0 Å². The molecule has 0 saturated heterocycles. The number of sulfonamides is 1. The van der Waals surface area contributed by atoms with Crippen LogP contribution < -0.4 is 4.72 Å². The Morgan fingerprint density at radius 2 is 1.89 bits per heavy atom. The Morgan fingerprint density at radius 3 is 2.33 bits per heavy atom. The SMILES string of the molecule is CC(CCCNS(=O)(=O)CCC(C)(C)C)C(=O)O. The van der Waals surface area contributed by atoms with Gasteiger partial charge in [0, 0.05) is 6.54 Å². The summed E-state index contributed by atoms with van der Waals surface area (Å²) in [5.41, 5.74) is -0.00737. The van der Waals surface area contributed by atoms with Gasteiger partial charge in [-0.25, -0.2) is 13.1 Å². The van der Waals surface area contributed by atoms with Gasteiger partial charge in [0.2, 0.25) is 10.0 Å². The lowest BCUT2D eigenvalue weighted by molar-refractivity contribution is -0.141. The van der Waals surface area contributed by atoms with Crippen molar-refractivity contribution in [3.05, 3.63) is 0 Å². The molecule has 6 heteroatoms. The predicted octanol–water partition coefficient (Wildman–Crippen LogP) is 1.84. The highest BCUT2D eigenvalue weighted by Crippen LogP contribution is 2.18. The van der Waals surface area contributed by atoms with Gasteiger partial charge in [-0.15, -0.1) is 0 Å². The van der Waals surface area contributed by atoms with Crippen LogP contribution >= 0.6 is 0 Å². The Bertz CT molecular complexity index is 357. The van der Waals surface area contributed by atoms with Gasteiger partial charge in [0.1, 0.15) is 0 Å². The first-order valence-corrected chi connectivity index (χ1v) is 7.89. The molecule has 0 radical (unpaired) electrons. The highest BCUT2D eigenvalue weighted by Gasteiger charge is 2.17. The molecular weight excluding hydrogens is 254 g/mol. The first kappa shape index (κ1) is 17.4. The van der Waals surface area contributed by atoms with Crippen LogP contribution in [0, 0.1) is 11.3 Å². The van der Waals surface area contributed by atoms with Gasteiger partial charge >= 0.3 is 5.97 Å². The van der Waals surface area contributed by atoms with Crippen molar-refractivity contribution < 1.29 is 18.3 Å². The van der Waals surface area contributed by atoms with E-state index >= 15 is 0 Å². The average Bonchev–Trinajstić information content (AvgIpc) is 2.20. The van der Waals surface area contributed by atoms with Crippen molar-refractivity contribution in [1.29, 1.82) is 0 Å². The third-order valence-corrected chi connectivity index (χ3v) is 4.06. The molecule has 1 atom stereocenters. The molecule has 108 valence electrons. The summed E-state index contributed by atoms with van der Waals surface area (Å²) >= 11 is 0. The molecule has 0 rings (SSSR count). The van der Waals surface area contributed by atoms with Crippen LogP contribution in [0.3, 0.4) is 0 Å². The first-order chi connectivity index (χ1) is 8.03. The fourth-order valence-corrected chi connectivity index (χ4v) is 2.75. The number of carbonyl (C=O) groups is 1. The normalized spacial score (nSPS) is 14.4. The summed E-state index contributed by atoms with van der Waals surface area (Å²) in [6.45, 7) is 7.92. The van der Waals surface area contributed by atoms with Crippen LogP contribution in [0.1, 0.15) is 47.0 Å². The molecule has 18 heavy (non-hydrogen) atoms. The maximum Gasteiger partial charge on any atom is 0.306 e. The monoisotopic (exact) mass is 279 g/mol. The van der Waals surface area contributed by atoms with Crippen LogP contribution in [0.2, 0.25) is 0 Å². The summed E-state index contributed by atoms with van der Waals surface area (Å²) in [7, 11) is -3.23. The molecule has 0 aliphatic rings. The minimum Gasteiger partial charge on any atom is -0.481 e. The molecule has 0 spiro atoms. The van der Waals surface area contributed by atoms with Gasteiger partial charge < -0.3 is 5.11 Å². The summed E-state index contributed by atoms with van der Waals surface area (Å²) in [5, 5.41) is 8.68. The second-order valence-electron chi connectivity index (χ2n) is 5.91. The molecule has 0 saturated carbocycles. The zero-order valence-corrected chi connectivity index (χ0v) is 12.5. The fraction of sp³-hybridized carbons (Fsp3) is 0.917. The largest absolute Gasteiger partial charge is 0.481 e. The van der Waals surface area contributed by atoms with Crippen LogP contribution in [-0.2, 0) is 14.8 Å². The predicted molar refractivity (Wildman–Crippen MR) is 71.9 cm³/mol. The molecule has 2 N–H and O–H groups in total. The number of hydrogen-bond acceptors (Lipinski definition) is 3. The van der Waals surface area contributed by atoms with Crippen LogP contribution in [-0.4, -0.2) is 31.8 Å². The number of rotatable bonds is 8. The zero-order chi connectivity index (χ0) is 14.4.